The average molecular weight is 160 g/mol. The second-order valence-electron chi connectivity index (χ2n) is 0.513. The predicted octanol–water partition coefficient (Wildman–Crippen LogP) is -1.37. The van der Waals surface area contributed by atoms with E-state index in [4.69, 9.17) is 19.2 Å². The van der Waals surface area contributed by atoms with Crippen molar-refractivity contribution in [3.63, 3.8) is 0 Å². The van der Waals surface area contributed by atoms with Crippen LogP contribution in [0.25, 0.3) is 0 Å². The van der Waals surface area contributed by atoms with Crippen molar-refractivity contribution in [3.05, 3.63) is 0 Å². The van der Waals surface area contributed by atoms with E-state index in [-0.39, 0.29) is 29.6 Å². The van der Waals surface area contributed by atoms with Crippen LogP contribution in [0.1, 0.15) is 0 Å². The van der Waals surface area contributed by atoms with Gasteiger partial charge in [0, 0.05) is 0 Å². The Bertz CT molecular complexity index is 60.2. The minimum atomic E-state index is -4.64. The van der Waals surface area contributed by atoms with Gasteiger partial charge in [0.05, 0.1) is 0 Å². The molecule has 0 aromatic carbocycles. The van der Waals surface area contributed by atoms with Gasteiger partial charge in [-0.25, -0.2) is 4.57 Å². The number of phosphoric acid groups is 1. The molecule has 0 saturated carbocycles. The maximum atomic E-state index is 8.88. The minimum absolute atomic E-state index is 0. The summed E-state index contributed by atoms with van der Waals surface area (Å²) in [6, 6.07) is 0. The van der Waals surface area contributed by atoms with Crippen LogP contribution in [0, 0.1) is 0 Å². The summed E-state index contributed by atoms with van der Waals surface area (Å²) in [7, 11) is -4.64. The first-order valence-electron chi connectivity index (χ1n) is 1.78. The summed E-state index contributed by atoms with van der Waals surface area (Å²) in [5.41, 5.74) is 0. The molecule has 0 atom stereocenters. The molecule has 7 heteroatoms. The molecule has 0 unspecified atom stereocenters. The molecule has 8 heavy (non-hydrogen) atoms. The van der Waals surface area contributed by atoms with Crippen molar-refractivity contribution in [2.45, 2.75) is 4.17 Å². The number of hydrogen-bond donors (Lipinski definition) is 3. The van der Waals surface area contributed by atoms with Crippen molar-refractivity contribution in [2.75, 3.05) is 0 Å². The zero-order chi connectivity index (χ0) is 6.50. The second kappa shape index (κ2) is 9.11. The molecule has 3 N–H and O–H groups in total. The Morgan fingerprint density at radius 3 is 1.25 bits per heavy atom. The van der Waals surface area contributed by atoms with Gasteiger partial charge in [-0.1, -0.05) is 0 Å². The van der Waals surface area contributed by atoms with Crippen molar-refractivity contribution >= 4 is 65.3 Å². The van der Waals surface area contributed by atoms with E-state index in [0.717, 1.165) is 0 Å². The fourth-order valence-electron chi connectivity index (χ4n) is 0. The average Bonchev–Trinajstić information content (AvgIpc) is 1.36. The SMILES string of the molecule is O=P(O)(O)O.[CH3][Na].[NaH]. The first kappa shape index (κ1) is 16.6. The van der Waals surface area contributed by atoms with Crippen LogP contribution in [0.2, 0.25) is 4.17 Å². The van der Waals surface area contributed by atoms with Gasteiger partial charge in [-0.2, -0.15) is 0 Å². The van der Waals surface area contributed by atoms with Crippen molar-refractivity contribution in [2.24, 2.45) is 0 Å². The van der Waals surface area contributed by atoms with Crippen molar-refractivity contribution in [3.8, 4) is 0 Å². The van der Waals surface area contributed by atoms with Gasteiger partial charge in [-0.05, 0) is 0 Å². The normalized spacial score (nSPS) is 8.25. The van der Waals surface area contributed by atoms with Crippen LogP contribution in [-0.4, -0.2) is 72.2 Å². The molecule has 0 radical (unpaired) electrons. The van der Waals surface area contributed by atoms with E-state index in [1.54, 1.807) is 0 Å². The Kier molecular flexibility index (Phi) is 18.9. The quantitative estimate of drug-likeness (QED) is 0.301. The van der Waals surface area contributed by atoms with Gasteiger partial charge in [0.1, 0.15) is 0 Å². The molecule has 0 heterocycles. The van der Waals surface area contributed by atoms with Gasteiger partial charge in [0.2, 0.25) is 0 Å². The molecule has 0 aliphatic heterocycles. The molecule has 0 aliphatic carbocycles. The molecular weight excluding hydrogens is 153 g/mol. The standard InChI is InChI=1S/CH3.2Na.H3O4P.H/c;;;1-5(2,3)4;/h1H3;;;(H3,1,2,3,4);. The van der Waals surface area contributed by atoms with E-state index < -0.39 is 7.82 Å². The molecule has 0 saturated heterocycles. The zero-order valence-electron chi connectivity index (χ0n) is 4.20. The predicted molar refractivity (Wildman–Crippen MR) is 33.0 cm³/mol. The third-order valence-electron chi connectivity index (χ3n) is 0. The Morgan fingerprint density at radius 1 is 1.25 bits per heavy atom. The topological polar surface area (TPSA) is 77.8 Å². The summed E-state index contributed by atoms with van der Waals surface area (Å²) in [5.74, 6) is 0. The molecule has 42 valence electrons. The summed E-state index contributed by atoms with van der Waals surface area (Å²) in [5, 5.41) is 0. The van der Waals surface area contributed by atoms with E-state index in [0.29, 0.717) is 0 Å². The fraction of sp³-hybridized carbons (Fsp3) is 1.00. The van der Waals surface area contributed by atoms with Gasteiger partial charge in [0.15, 0.2) is 0 Å². The van der Waals surface area contributed by atoms with E-state index in [1.807, 2.05) is 0 Å². The Balaban J connectivity index is -0.0000000750. The Labute approximate surface area is 87.6 Å². The van der Waals surface area contributed by atoms with Gasteiger partial charge in [-0.15, -0.1) is 0 Å². The summed E-state index contributed by atoms with van der Waals surface area (Å²) in [4.78, 5) is 21.6. The fourth-order valence-corrected chi connectivity index (χ4v) is 0. The van der Waals surface area contributed by atoms with E-state index >= 15 is 0 Å². The molecule has 0 aromatic rings. The number of hydrogen-bond acceptors (Lipinski definition) is 1. The van der Waals surface area contributed by atoms with Gasteiger partial charge < -0.3 is 14.7 Å². The van der Waals surface area contributed by atoms with Crippen LogP contribution in [0.15, 0.2) is 0 Å². The summed E-state index contributed by atoms with van der Waals surface area (Å²) in [6.07, 6.45) is 0. The molecule has 0 aliphatic rings. The summed E-state index contributed by atoms with van der Waals surface area (Å²) in [6.45, 7) is 0. The van der Waals surface area contributed by atoms with Gasteiger partial charge >= 0.3 is 69.5 Å². The number of rotatable bonds is 0. The van der Waals surface area contributed by atoms with Crippen LogP contribution < -0.4 is 0 Å². The van der Waals surface area contributed by atoms with Crippen LogP contribution >= 0.6 is 7.82 Å². The summed E-state index contributed by atoms with van der Waals surface area (Å²) >= 11 is 1.31. The van der Waals surface area contributed by atoms with Crippen molar-refractivity contribution in [1.29, 1.82) is 0 Å². The van der Waals surface area contributed by atoms with E-state index in [2.05, 4.69) is 4.17 Å². The third kappa shape index (κ3) is 92.1. The molecule has 0 rings (SSSR count). The molecule has 4 nitrogen and oxygen atoms in total. The van der Waals surface area contributed by atoms with E-state index in [9.17, 15) is 0 Å². The Hall–Kier alpha value is 2.11. The van der Waals surface area contributed by atoms with E-state index in [1.165, 1.54) is 27.9 Å². The van der Waals surface area contributed by atoms with Crippen molar-refractivity contribution < 1.29 is 19.2 Å². The summed E-state index contributed by atoms with van der Waals surface area (Å²) < 4.78 is 11.0. The molecule has 0 aromatic heterocycles. The van der Waals surface area contributed by atoms with Gasteiger partial charge in [0.25, 0.3) is 0 Å². The van der Waals surface area contributed by atoms with Gasteiger partial charge in [-0.3, -0.25) is 0 Å². The third-order valence-corrected chi connectivity index (χ3v) is 0. The molecule has 0 spiro atoms. The van der Waals surface area contributed by atoms with Crippen LogP contribution in [0.4, 0.5) is 0 Å². The molecular formula is CH7Na2O4P. The monoisotopic (exact) mass is 160 g/mol. The first-order chi connectivity index (χ1) is 3.00. The zero-order valence-corrected chi connectivity index (χ0v) is 7.09. The van der Waals surface area contributed by atoms with Crippen molar-refractivity contribution in [1.82, 2.24) is 0 Å². The van der Waals surface area contributed by atoms with Crippen LogP contribution in [0.3, 0.4) is 0 Å². The Morgan fingerprint density at radius 2 is 1.25 bits per heavy atom. The first-order valence-corrected chi connectivity index (χ1v) is 5.35. The maximum absolute atomic E-state index is 8.88. The molecule has 0 fully saturated rings. The van der Waals surface area contributed by atoms with Crippen LogP contribution in [-0.2, 0) is 4.57 Å². The second-order valence-corrected chi connectivity index (χ2v) is 1.54. The molecule has 0 amide bonds. The molecule has 0 bridgehead atoms. The van der Waals surface area contributed by atoms with Crippen LogP contribution in [0.5, 0.6) is 0 Å².